The maximum atomic E-state index is 11.1. The Morgan fingerprint density at radius 3 is 2.60 bits per heavy atom. The molecule has 0 saturated heterocycles. The molecule has 1 unspecified atom stereocenters. The standard InChI is InChI=1S/C13H22O2/c1-10(2)13(14)15-9-8-11(3)12-6-4-5-7-12/h11-12H,1,4-9H2,2-3H3. The van der Waals surface area contributed by atoms with Crippen LogP contribution in [0.2, 0.25) is 0 Å². The van der Waals surface area contributed by atoms with E-state index in [4.69, 9.17) is 4.74 Å². The van der Waals surface area contributed by atoms with Gasteiger partial charge in [0.2, 0.25) is 0 Å². The van der Waals surface area contributed by atoms with Crippen molar-refractivity contribution >= 4 is 5.97 Å². The molecule has 1 fully saturated rings. The summed E-state index contributed by atoms with van der Waals surface area (Å²) in [4.78, 5) is 11.1. The maximum absolute atomic E-state index is 11.1. The van der Waals surface area contributed by atoms with E-state index < -0.39 is 0 Å². The molecule has 2 nitrogen and oxygen atoms in total. The molecule has 1 atom stereocenters. The molecule has 0 amide bonds. The van der Waals surface area contributed by atoms with Gasteiger partial charge in [-0.3, -0.25) is 0 Å². The van der Waals surface area contributed by atoms with Crippen LogP contribution in [-0.2, 0) is 9.53 Å². The Balaban J connectivity index is 2.13. The molecule has 0 aromatic rings. The molecule has 0 heterocycles. The summed E-state index contributed by atoms with van der Waals surface area (Å²) in [5, 5.41) is 0. The van der Waals surface area contributed by atoms with E-state index in [0.717, 1.165) is 12.3 Å². The molecule has 0 radical (unpaired) electrons. The van der Waals surface area contributed by atoms with Crippen LogP contribution in [0.1, 0.15) is 46.0 Å². The van der Waals surface area contributed by atoms with Crippen molar-refractivity contribution in [2.24, 2.45) is 11.8 Å². The fourth-order valence-corrected chi connectivity index (χ4v) is 2.22. The van der Waals surface area contributed by atoms with Crippen LogP contribution < -0.4 is 0 Å². The van der Waals surface area contributed by atoms with Gasteiger partial charge < -0.3 is 4.74 Å². The minimum Gasteiger partial charge on any atom is -0.462 e. The predicted octanol–water partition coefficient (Wildman–Crippen LogP) is 3.32. The van der Waals surface area contributed by atoms with Gasteiger partial charge >= 0.3 is 5.97 Å². The average Bonchev–Trinajstić information content (AvgIpc) is 2.70. The zero-order chi connectivity index (χ0) is 11.3. The summed E-state index contributed by atoms with van der Waals surface area (Å²) >= 11 is 0. The second kappa shape index (κ2) is 5.94. The lowest BCUT2D eigenvalue weighted by Gasteiger charge is -2.18. The molecule has 2 heteroatoms. The molecule has 0 N–H and O–H groups in total. The van der Waals surface area contributed by atoms with Crippen LogP contribution in [0.3, 0.4) is 0 Å². The first-order chi connectivity index (χ1) is 7.11. The second-order valence-corrected chi connectivity index (χ2v) is 4.73. The Hall–Kier alpha value is -0.790. The van der Waals surface area contributed by atoms with E-state index in [1.54, 1.807) is 6.92 Å². The first-order valence-corrected chi connectivity index (χ1v) is 5.94. The normalized spacial score (nSPS) is 18.8. The lowest BCUT2D eigenvalue weighted by atomic mass is 9.90. The summed E-state index contributed by atoms with van der Waals surface area (Å²) in [6, 6.07) is 0. The summed E-state index contributed by atoms with van der Waals surface area (Å²) in [6.45, 7) is 8.05. The van der Waals surface area contributed by atoms with E-state index in [2.05, 4.69) is 13.5 Å². The van der Waals surface area contributed by atoms with E-state index in [9.17, 15) is 4.79 Å². The number of carbonyl (C=O) groups excluding carboxylic acids is 1. The van der Waals surface area contributed by atoms with Crippen molar-refractivity contribution < 1.29 is 9.53 Å². The van der Waals surface area contributed by atoms with Gasteiger partial charge in [0.25, 0.3) is 0 Å². The number of hydrogen-bond acceptors (Lipinski definition) is 2. The van der Waals surface area contributed by atoms with E-state index in [-0.39, 0.29) is 5.97 Å². The van der Waals surface area contributed by atoms with Crippen molar-refractivity contribution in [3.8, 4) is 0 Å². The van der Waals surface area contributed by atoms with Gasteiger partial charge in [0, 0.05) is 5.57 Å². The topological polar surface area (TPSA) is 26.3 Å². The van der Waals surface area contributed by atoms with Crippen LogP contribution in [-0.4, -0.2) is 12.6 Å². The third kappa shape index (κ3) is 4.06. The van der Waals surface area contributed by atoms with Gasteiger partial charge in [0.15, 0.2) is 0 Å². The van der Waals surface area contributed by atoms with Crippen LogP contribution in [0, 0.1) is 11.8 Å². The third-order valence-electron chi connectivity index (χ3n) is 3.36. The van der Waals surface area contributed by atoms with Gasteiger partial charge in [0.05, 0.1) is 6.61 Å². The lowest BCUT2D eigenvalue weighted by Crippen LogP contribution is -2.13. The summed E-state index contributed by atoms with van der Waals surface area (Å²) < 4.78 is 5.10. The predicted molar refractivity (Wildman–Crippen MR) is 61.5 cm³/mol. The monoisotopic (exact) mass is 210 g/mol. The molecule has 1 saturated carbocycles. The maximum Gasteiger partial charge on any atom is 0.333 e. The molecule has 0 spiro atoms. The van der Waals surface area contributed by atoms with Crippen molar-refractivity contribution in [1.29, 1.82) is 0 Å². The number of esters is 1. The molecule has 1 rings (SSSR count). The highest BCUT2D eigenvalue weighted by Crippen LogP contribution is 2.32. The lowest BCUT2D eigenvalue weighted by molar-refractivity contribution is -0.139. The van der Waals surface area contributed by atoms with Crippen molar-refractivity contribution in [3.05, 3.63) is 12.2 Å². The summed E-state index contributed by atoms with van der Waals surface area (Å²) in [5.74, 6) is 1.28. The van der Waals surface area contributed by atoms with Crippen molar-refractivity contribution in [2.45, 2.75) is 46.0 Å². The van der Waals surface area contributed by atoms with Crippen molar-refractivity contribution in [2.75, 3.05) is 6.61 Å². The van der Waals surface area contributed by atoms with Gasteiger partial charge in [-0.15, -0.1) is 0 Å². The van der Waals surface area contributed by atoms with Gasteiger partial charge in [-0.1, -0.05) is 39.2 Å². The summed E-state index contributed by atoms with van der Waals surface area (Å²) in [6.07, 6.45) is 6.45. The fourth-order valence-electron chi connectivity index (χ4n) is 2.22. The molecule has 86 valence electrons. The largest absolute Gasteiger partial charge is 0.462 e. The van der Waals surface area contributed by atoms with Gasteiger partial charge in [-0.2, -0.15) is 0 Å². The van der Waals surface area contributed by atoms with E-state index in [0.29, 0.717) is 18.1 Å². The third-order valence-corrected chi connectivity index (χ3v) is 3.36. The Bertz CT molecular complexity index is 227. The number of rotatable bonds is 5. The van der Waals surface area contributed by atoms with Gasteiger partial charge in [-0.25, -0.2) is 4.79 Å². The minimum absolute atomic E-state index is 0.256. The molecular formula is C13H22O2. The van der Waals surface area contributed by atoms with E-state index in [1.807, 2.05) is 0 Å². The van der Waals surface area contributed by atoms with Crippen molar-refractivity contribution in [1.82, 2.24) is 0 Å². The SMILES string of the molecule is C=C(C)C(=O)OCCC(C)C1CCCC1. The Labute approximate surface area is 92.7 Å². The summed E-state index contributed by atoms with van der Waals surface area (Å²) in [7, 11) is 0. The van der Waals surface area contributed by atoms with Gasteiger partial charge in [0.1, 0.15) is 0 Å². The number of ether oxygens (including phenoxy) is 1. The molecule has 0 aliphatic heterocycles. The van der Waals surface area contributed by atoms with Crippen LogP contribution in [0.25, 0.3) is 0 Å². The highest BCUT2D eigenvalue weighted by atomic mass is 16.5. The van der Waals surface area contributed by atoms with Crippen LogP contribution >= 0.6 is 0 Å². The highest BCUT2D eigenvalue weighted by molar-refractivity contribution is 5.86. The molecule has 0 aromatic carbocycles. The Morgan fingerprint density at radius 2 is 2.07 bits per heavy atom. The number of carbonyl (C=O) groups is 1. The Kier molecular flexibility index (Phi) is 4.86. The second-order valence-electron chi connectivity index (χ2n) is 4.73. The molecule has 15 heavy (non-hydrogen) atoms. The zero-order valence-corrected chi connectivity index (χ0v) is 9.92. The van der Waals surface area contributed by atoms with Crippen LogP contribution in [0.4, 0.5) is 0 Å². The molecular weight excluding hydrogens is 188 g/mol. The first kappa shape index (κ1) is 12.3. The average molecular weight is 210 g/mol. The van der Waals surface area contributed by atoms with E-state index >= 15 is 0 Å². The quantitative estimate of drug-likeness (QED) is 0.514. The smallest absolute Gasteiger partial charge is 0.333 e. The summed E-state index contributed by atoms with van der Waals surface area (Å²) in [5.41, 5.74) is 0.489. The highest BCUT2D eigenvalue weighted by Gasteiger charge is 2.21. The first-order valence-electron chi connectivity index (χ1n) is 5.94. The zero-order valence-electron chi connectivity index (χ0n) is 9.92. The van der Waals surface area contributed by atoms with E-state index in [1.165, 1.54) is 25.7 Å². The van der Waals surface area contributed by atoms with Crippen LogP contribution in [0.15, 0.2) is 12.2 Å². The van der Waals surface area contributed by atoms with Crippen LogP contribution in [0.5, 0.6) is 0 Å². The Morgan fingerprint density at radius 1 is 1.47 bits per heavy atom. The molecule has 1 aliphatic carbocycles. The number of hydrogen-bond donors (Lipinski definition) is 0. The molecule has 0 bridgehead atoms. The fraction of sp³-hybridized carbons (Fsp3) is 0.769. The molecule has 1 aliphatic rings. The minimum atomic E-state index is -0.256. The van der Waals surface area contributed by atoms with Crippen molar-refractivity contribution in [3.63, 3.8) is 0 Å². The van der Waals surface area contributed by atoms with Gasteiger partial charge in [-0.05, 0) is 25.2 Å². The molecule has 0 aromatic heterocycles.